The number of nitrogens with zero attached hydrogens (tertiary/aromatic N) is 3. The monoisotopic (exact) mass is 449 g/mol. The van der Waals surface area contributed by atoms with Crippen LogP contribution in [0.25, 0.3) is 32.6 Å². The van der Waals surface area contributed by atoms with Gasteiger partial charge in [-0.3, -0.25) is 14.6 Å². The summed E-state index contributed by atoms with van der Waals surface area (Å²) in [7, 11) is 5.40. The number of methoxy groups -OCH3 is 1. The smallest absolute Gasteiger partial charge is 0.308 e. The van der Waals surface area contributed by atoms with Crippen molar-refractivity contribution in [1.29, 1.82) is 0 Å². The Hall–Kier alpha value is -3.85. The third-order valence-electron chi connectivity index (χ3n) is 5.70. The van der Waals surface area contributed by atoms with E-state index in [2.05, 4.69) is 4.98 Å². The Morgan fingerprint density at radius 3 is 2.48 bits per heavy atom. The lowest BCUT2D eigenvalue weighted by Crippen LogP contribution is -2.27. The predicted octanol–water partition coefficient (Wildman–Crippen LogP) is 2.93. The van der Waals surface area contributed by atoms with E-state index in [-0.39, 0.29) is 18.1 Å². The molecule has 0 radical (unpaired) electrons. The van der Waals surface area contributed by atoms with Crippen molar-refractivity contribution < 1.29 is 23.7 Å². The Morgan fingerprint density at radius 1 is 1.06 bits per heavy atom. The number of ether oxygens (including phenoxy) is 4. The minimum atomic E-state index is -0.495. The van der Waals surface area contributed by atoms with Crippen molar-refractivity contribution in [2.75, 3.05) is 34.5 Å². The van der Waals surface area contributed by atoms with Crippen LogP contribution in [0.4, 0.5) is 0 Å². The molecule has 1 aliphatic rings. The fourth-order valence-corrected chi connectivity index (χ4v) is 4.17. The zero-order valence-electron chi connectivity index (χ0n) is 18.8. The predicted molar refractivity (Wildman–Crippen MR) is 124 cm³/mol. The first-order valence-corrected chi connectivity index (χ1v) is 10.5. The second kappa shape index (κ2) is 7.93. The zero-order chi connectivity index (χ0) is 23.3. The van der Waals surface area contributed by atoms with Crippen molar-refractivity contribution in [2.45, 2.75) is 13.5 Å². The average molecular weight is 449 g/mol. The van der Waals surface area contributed by atoms with Gasteiger partial charge in [0.05, 0.1) is 23.5 Å². The molecule has 170 valence electrons. The third-order valence-corrected chi connectivity index (χ3v) is 5.70. The number of benzene rings is 2. The maximum atomic E-state index is 13.8. The summed E-state index contributed by atoms with van der Waals surface area (Å²) in [5.41, 5.74) is 1.26. The summed E-state index contributed by atoms with van der Waals surface area (Å²) in [4.78, 5) is 32.0. The number of hydrogen-bond donors (Lipinski definition) is 0. The molecule has 2 aromatic heterocycles. The van der Waals surface area contributed by atoms with E-state index >= 15 is 0 Å². The van der Waals surface area contributed by atoms with E-state index in [0.717, 1.165) is 16.3 Å². The first-order valence-electron chi connectivity index (χ1n) is 10.5. The topological polar surface area (TPSA) is 92.1 Å². The molecule has 5 rings (SSSR count). The van der Waals surface area contributed by atoms with Gasteiger partial charge in [0, 0.05) is 48.4 Å². The van der Waals surface area contributed by atoms with Crippen LogP contribution in [0.1, 0.15) is 6.92 Å². The van der Waals surface area contributed by atoms with Gasteiger partial charge in [-0.2, -0.15) is 0 Å². The van der Waals surface area contributed by atoms with Gasteiger partial charge in [0.2, 0.25) is 6.79 Å². The number of carbonyl (C=O) groups excluding carboxylic acids is 1. The molecule has 9 heteroatoms. The quantitative estimate of drug-likeness (QED) is 0.261. The number of carbonyl (C=O) groups is 1. The van der Waals surface area contributed by atoms with Crippen LogP contribution in [0.2, 0.25) is 0 Å². The zero-order valence-corrected chi connectivity index (χ0v) is 18.8. The molecule has 4 aromatic rings. The first-order chi connectivity index (χ1) is 15.9. The number of hydrogen-bond acceptors (Lipinski definition) is 8. The maximum Gasteiger partial charge on any atom is 0.308 e. The first kappa shape index (κ1) is 21.0. The summed E-state index contributed by atoms with van der Waals surface area (Å²) in [6.07, 6.45) is 1.75. The molecular formula is C24H23N3O6. The molecule has 0 amide bonds. The molecule has 33 heavy (non-hydrogen) atoms. The fraction of sp³-hybridized carbons (Fsp3) is 0.292. The molecule has 3 heterocycles. The Bertz CT molecular complexity index is 1490. The Kier molecular flexibility index (Phi) is 5.05. The molecule has 0 N–H and O–H groups in total. The maximum absolute atomic E-state index is 13.8. The fourth-order valence-electron chi connectivity index (χ4n) is 4.17. The molecule has 2 aromatic carbocycles. The number of aromatic nitrogens is 2. The van der Waals surface area contributed by atoms with Crippen LogP contribution < -0.4 is 24.5 Å². The lowest BCUT2D eigenvalue weighted by molar-refractivity contribution is -0.132. The lowest BCUT2D eigenvalue weighted by Gasteiger charge is -2.18. The normalized spacial score (nSPS) is 12.8. The third kappa shape index (κ3) is 3.50. The second-order valence-corrected chi connectivity index (χ2v) is 8.15. The molecule has 9 nitrogen and oxygen atoms in total. The highest BCUT2D eigenvalue weighted by atomic mass is 16.7. The van der Waals surface area contributed by atoms with Crippen molar-refractivity contribution in [2.24, 2.45) is 0 Å². The molecule has 0 bridgehead atoms. The molecule has 0 aliphatic carbocycles. The number of esters is 1. The van der Waals surface area contributed by atoms with Gasteiger partial charge >= 0.3 is 5.97 Å². The van der Waals surface area contributed by atoms with E-state index in [1.165, 1.54) is 14.0 Å². The van der Waals surface area contributed by atoms with E-state index in [0.29, 0.717) is 46.6 Å². The van der Waals surface area contributed by atoms with Crippen LogP contribution in [0.5, 0.6) is 23.0 Å². The van der Waals surface area contributed by atoms with Crippen molar-refractivity contribution >= 4 is 38.5 Å². The van der Waals surface area contributed by atoms with E-state index in [1.54, 1.807) is 22.9 Å². The van der Waals surface area contributed by atoms with Crippen LogP contribution in [-0.2, 0) is 11.3 Å². The standard InChI is InChI=1S/C24H23N3O6/c1-13(28)33-22-8-15-14(7-19(22)30-4)17-11-25-18-10-21-20(31-12-32-21)9-16(18)23(17)27(24(15)29)6-5-26(2)3/h7-11H,5-6,12H2,1-4H3. The van der Waals surface area contributed by atoms with E-state index < -0.39 is 5.97 Å². The molecule has 0 atom stereocenters. The number of fused-ring (bicyclic) bond motifs is 6. The minimum absolute atomic E-state index is 0.149. The Balaban J connectivity index is 1.91. The summed E-state index contributed by atoms with van der Waals surface area (Å²) in [6.45, 7) is 2.57. The molecule has 0 unspecified atom stereocenters. The second-order valence-electron chi connectivity index (χ2n) is 8.15. The van der Waals surface area contributed by atoms with Crippen LogP contribution in [0.3, 0.4) is 0 Å². The average Bonchev–Trinajstić information content (AvgIpc) is 3.24. The van der Waals surface area contributed by atoms with E-state index in [1.807, 2.05) is 31.1 Å². The minimum Gasteiger partial charge on any atom is -0.493 e. The van der Waals surface area contributed by atoms with Gasteiger partial charge in [0.25, 0.3) is 5.56 Å². The van der Waals surface area contributed by atoms with Gasteiger partial charge in [0.1, 0.15) is 0 Å². The highest BCUT2D eigenvalue weighted by molar-refractivity contribution is 6.15. The highest BCUT2D eigenvalue weighted by Crippen LogP contribution is 2.40. The molecule has 0 saturated carbocycles. The largest absolute Gasteiger partial charge is 0.493 e. The van der Waals surface area contributed by atoms with E-state index in [4.69, 9.17) is 18.9 Å². The number of pyridine rings is 2. The highest BCUT2D eigenvalue weighted by Gasteiger charge is 2.21. The lowest BCUT2D eigenvalue weighted by atomic mass is 10.0. The Labute approximate surface area is 189 Å². The number of likely N-dealkylation sites (N-methyl/N-ethyl adjacent to an activating group) is 1. The summed E-state index contributed by atoms with van der Waals surface area (Å²) in [5, 5.41) is 2.65. The molecule has 0 saturated heterocycles. The summed E-state index contributed by atoms with van der Waals surface area (Å²) in [6, 6.07) is 6.98. The SMILES string of the molecule is COc1cc2c(cc1OC(C)=O)c(=O)n(CCN(C)C)c1c3cc4c(cc3ncc21)OCO4. The summed E-state index contributed by atoms with van der Waals surface area (Å²) >= 11 is 0. The van der Waals surface area contributed by atoms with Gasteiger partial charge < -0.3 is 28.4 Å². The summed E-state index contributed by atoms with van der Waals surface area (Å²) < 4.78 is 23.6. The van der Waals surface area contributed by atoms with Gasteiger partial charge in [-0.25, -0.2) is 0 Å². The van der Waals surface area contributed by atoms with Gasteiger partial charge in [-0.15, -0.1) is 0 Å². The molecule has 0 spiro atoms. The van der Waals surface area contributed by atoms with Crippen LogP contribution in [0.15, 0.2) is 35.3 Å². The van der Waals surface area contributed by atoms with Gasteiger partial charge in [0.15, 0.2) is 23.0 Å². The Morgan fingerprint density at radius 2 is 1.79 bits per heavy atom. The van der Waals surface area contributed by atoms with Crippen LogP contribution >= 0.6 is 0 Å². The van der Waals surface area contributed by atoms with Crippen LogP contribution in [-0.4, -0.2) is 55.0 Å². The van der Waals surface area contributed by atoms with Crippen molar-refractivity contribution in [3.05, 3.63) is 40.8 Å². The van der Waals surface area contributed by atoms with Crippen molar-refractivity contribution in [3.63, 3.8) is 0 Å². The van der Waals surface area contributed by atoms with Crippen molar-refractivity contribution in [1.82, 2.24) is 14.5 Å². The van der Waals surface area contributed by atoms with E-state index in [9.17, 15) is 9.59 Å². The molecule has 1 aliphatic heterocycles. The van der Waals surface area contributed by atoms with Gasteiger partial charge in [-0.1, -0.05) is 0 Å². The summed E-state index contributed by atoms with van der Waals surface area (Å²) in [5.74, 6) is 1.31. The molecular weight excluding hydrogens is 426 g/mol. The van der Waals surface area contributed by atoms with Gasteiger partial charge in [-0.05, 0) is 32.3 Å². The molecule has 0 fully saturated rings. The van der Waals surface area contributed by atoms with Crippen LogP contribution in [0, 0.1) is 0 Å². The van der Waals surface area contributed by atoms with Crippen molar-refractivity contribution in [3.8, 4) is 23.0 Å². The number of rotatable bonds is 5.